The van der Waals surface area contributed by atoms with Crippen molar-refractivity contribution in [2.75, 3.05) is 13.1 Å². The van der Waals surface area contributed by atoms with Crippen molar-refractivity contribution in [3.8, 4) is 0 Å². The van der Waals surface area contributed by atoms with Crippen LogP contribution in [0, 0.1) is 17.6 Å². The molecule has 0 spiro atoms. The van der Waals surface area contributed by atoms with Crippen LogP contribution in [0.1, 0.15) is 30.0 Å². The van der Waals surface area contributed by atoms with Crippen LogP contribution >= 0.6 is 0 Å². The molecule has 2 atom stereocenters. The zero-order chi connectivity index (χ0) is 17.6. The molecule has 132 valence electrons. The van der Waals surface area contributed by atoms with Gasteiger partial charge in [-0.1, -0.05) is 24.3 Å². The monoisotopic (exact) mass is 344 g/mol. The summed E-state index contributed by atoms with van der Waals surface area (Å²) >= 11 is 0. The second kappa shape index (κ2) is 8.21. The lowest BCUT2D eigenvalue weighted by atomic mass is 9.95. The van der Waals surface area contributed by atoms with Crippen molar-refractivity contribution in [2.45, 2.75) is 25.3 Å². The highest BCUT2D eigenvalue weighted by Crippen LogP contribution is 2.21. The minimum atomic E-state index is -0.396. The Bertz CT molecular complexity index is 729. The second-order valence-corrected chi connectivity index (χ2v) is 6.49. The first-order valence-corrected chi connectivity index (χ1v) is 8.63. The fraction of sp³-hybridized carbons (Fsp3) is 0.350. The Hall–Kier alpha value is -2.27. The lowest BCUT2D eigenvalue weighted by Gasteiger charge is -2.26. The molecule has 5 heteroatoms. The fourth-order valence-corrected chi connectivity index (χ4v) is 3.24. The number of hydrogen-bond donors (Lipinski definition) is 2. The van der Waals surface area contributed by atoms with Crippen molar-refractivity contribution in [1.29, 1.82) is 0 Å². The summed E-state index contributed by atoms with van der Waals surface area (Å²) in [6, 6.07) is 12.1. The summed E-state index contributed by atoms with van der Waals surface area (Å²) in [5, 5.41) is 6.25. The summed E-state index contributed by atoms with van der Waals surface area (Å²) in [5.74, 6) is -0.802. The minimum Gasteiger partial charge on any atom is -0.349 e. The van der Waals surface area contributed by atoms with E-state index in [1.807, 2.05) is 6.07 Å². The molecule has 1 saturated heterocycles. The molecule has 0 aromatic heterocycles. The molecule has 2 aromatic rings. The lowest BCUT2D eigenvalue weighted by molar-refractivity contribution is -0.126. The molecular weight excluding hydrogens is 322 g/mol. The molecule has 1 fully saturated rings. The molecule has 3 rings (SSSR count). The van der Waals surface area contributed by atoms with Gasteiger partial charge >= 0.3 is 0 Å². The fourth-order valence-electron chi connectivity index (χ4n) is 3.24. The van der Waals surface area contributed by atoms with Gasteiger partial charge in [-0.25, -0.2) is 8.78 Å². The molecule has 25 heavy (non-hydrogen) atoms. The summed E-state index contributed by atoms with van der Waals surface area (Å²) < 4.78 is 27.1. The molecule has 0 aliphatic carbocycles. The van der Waals surface area contributed by atoms with Gasteiger partial charge in [0.1, 0.15) is 11.6 Å². The number of nitrogens with one attached hydrogen (secondary N) is 2. The predicted octanol–water partition coefficient (Wildman–Crippen LogP) is 3.36. The highest BCUT2D eigenvalue weighted by Gasteiger charge is 2.24. The molecule has 0 saturated carbocycles. The third-order valence-corrected chi connectivity index (χ3v) is 4.56. The average Bonchev–Trinajstić information content (AvgIpc) is 2.62. The number of carbonyl (C=O) groups excluding carboxylic acids is 1. The van der Waals surface area contributed by atoms with Crippen molar-refractivity contribution >= 4 is 5.91 Å². The maximum Gasteiger partial charge on any atom is 0.224 e. The lowest BCUT2D eigenvalue weighted by Crippen LogP contribution is -2.42. The van der Waals surface area contributed by atoms with E-state index < -0.39 is 6.04 Å². The van der Waals surface area contributed by atoms with E-state index in [0.29, 0.717) is 18.5 Å². The number of carbonyl (C=O) groups is 1. The predicted molar refractivity (Wildman–Crippen MR) is 93.0 cm³/mol. The van der Waals surface area contributed by atoms with Crippen LogP contribution in [-0.4, -0.2) is 19.0 Å². The molecule has 1 amide bonds. The minimum absolute atomic E-state index is 0.0436. The van der Waals surface area contributed by atoms with E-state index >= 15 is 0 Å². The third kappa shape index (κ3) is 4.86. The Labute approximate surface area is 146 Å². The van der Waals surface area contributed by atoms with Crippen LogP contribution < -0.4 is 10.6 Å². The highest BCUT2D eigenvalue weighted by atomic mass is 19.1. The Morgan fingerprint density at radius 1 is 1.16 bits per heavy atom. The van der Waals surface area contributed by atoms with Crippen LogP contribution in [0.3, 0.4) is 0 Å². The van der Waals surface area contributed by atoms with E-state index in [-0.39, 0.29) is 23.5 Å². The van der Waals surface area contributed by atoms with Crippen LogP contribution in [0.4, 0.5) is 8.78 Å². The molecule has 2 aromatic carbocycles. The first-order valence-electron chi connectivity index (χ1n) is 8.63. The van der Waals surface area contributed by atoms with Crippen molar-refractivity contribution in [1.82, 2.24) is 10.6 Å². The maximum absolute atomic E-state index is 13.6. The summed E-state index contributed by atoms with van der Waals surface area (Å²) in [5.41, 5.74) is 1.44. The topological polar surface area (TPSA) is 41.1 Å². The van der Waals surface area contributed by atoms with E-state index in [2.05, 4.69) is 10.6 Å². The molecular formula is C20H22F2N2O. The van der Waals surface area contributed by atoms with Gasteiger partial charge in [-0.3, -0.25) is 4.79 Å². The van der Waals surface area contributed by atoms with Gasteiger partial charge in [0.2, 0.25) is 5.91 Å². The van der Waals surface area contributed by atoms with Crippen molar-refractivity contribution in [2.24, 2.45) is 5.92 Å². The van der Waals surface area contributed by atoms with E-state index in [1.165, 1.54) is 24.3 Å². The summed E-state index contributed by atoms with van der Waals surface area (Å²) in [6.45, 7) is 1.59. The first-order chi connectivity index (χ1) is 12.1. The molecule has 1 aliphatic rings. The summed E-state index contributed by atoms with van der Waals surface area (Å²) in [7, 11) is 0. The molecule has 1 heterocycles. The van der Waals surface area contributed by atoms with Crippen LogP contribution in [0.2, 0.25) is 0 Å². The molecule has 0 bridgehead atoms. The van der Waals surface area contributed by atoms with Gasteiger partial charge in [-0.05, 0) is 61.2 Å². The van der Waals surface area contributed by atoms with Crippen LogP contribution in [0.25, 0.3) is 0 Å². The van der Waals surface area contributed by atoms with Crippen LogP contribution in [0.15, 0.2) is 48.5 Å². The summed E-state index contributed by atoms with van der Waals surface area (Å²) in [6.07, 6.45) is 2.22. The zero-order valence-electron chi connectivity index (χ0n) is 14.0. The largest absolute Gasteiger partial charge is 0.349 e. The Morgan fingerprint density at radius 2 is 1.92 bits per heavy atom. The summed E-state index contributed by atoms with van der Waals surface area (Å²) in [4.78, 5) is 12.6. The number of hydrogen-bond acceptors (Lipinski definition) is 2. The van der Waals surface area contributed by atoms with Crippen molar-refractivity contribution < 1.29 is 13.6 Å². The smallest absolute Gasteiger partial charge is 0.224 e. The van der Waals surface area contributed by atoms with E-state index in [1.54, 1.807) is 18.2 Å². The van der Waals surface area contributed by atoms with Gasteiger partial charge in [0.05, 0.1) is 12.0 Å². The molecule has 2 N–H and O–H groups in total. The van der Waals surface area contributed by atoms with Gasteiger partial charge in [0.25, 0.3) is 0 Å². The average molecular weight is 344 g/mol. The Kier molecular flexibility index (Phi) is 5.76. The molecule has 2 unspecified atom stereocenters. The maximum atomic E-state index is 13.6. The number of benzene rings is 2. The second-order valence-electron chi connectivity index (χ2n) is 6.49. The highest BCUT2D eigenvalue weighted by molar-refractivity contribution is 5.79. The van der Waals surface area contributed by atoms with Gasteiger partial charge in [0.15, 0.2) is 0 Å². The number of rotatable bonds is 5. The normalized spacial score (nSPS) is 18.6. The molecule has 1 aliphatic heterocycles. The van der Waals surface area contributed by atoms with E-state index in [0.717, 1.165) is 24.9 Å². The molecule has 3 nitrogen and oxygen atoms in total. The molecule has 0 radical (unpaired) electrons. The van der Waals surface area contributed by atoms with Gasteiger partial charge < -0.3 is 10.6 Å². The van der Waals surface area contributed by atoms with Crippen LogP contribution in [0.5, 0.6) is 0 Å². The van der Waals surface area contributed by atoms with Gasteiger partial charge in [-0.2, -0.15) is 0 Å². The number of halogens is 2. The quantitative estimate of drug-likeness (QED) is 0.873. The van der Waals surface area contributed by atoms with Crippen LogP contribution in [-0.2, 0) is 11.2 Å². The van der Waals surface area contributed by atoms with Crippen molar-refractivity contribution in [3.63, 3.8) is 0 Å². The number of piperidine rings is 1. The third-order valence-electron chi connectivity index (χ3n) is 4.56. The van der Waals surface area contributed by atoms with E-state index in [4.69, 9.17) is 0 Å². The standard InChI is InChI=1S/C20H22F2N2O/c21-17-7-1-4-14(10-17)11-19(15-5-2-8-18(22)12-15)24-20(25)16-6-3-9-23-13-16/h1-2,4-5,7-8,10,12,16,19,23H,3,6,9,11,13H2,(H,24,25). The number of amides is 1. The van der Waals surface area contributed by atoms with Gasteiger partial charge in [0, 0.05) is 6.54 Å². The first kappa shape index (κ1) is 17.5. The zero-order valence-corrected chi connectivity index (χ0v) is 14.0. The van der Waals surface area contributed by atoms with Gasteiger partial charge in [-0.15, -0.1) is 0 Å². The Morgan fingerprint density at radius 3 is 2.60 bits per heavy atom. The van der Waals surface area contributed by atoms with E-state index in [9.17, 15) is 13.6 Å². The SMILES string of the molecule is O=C(NC(Cc1cccc(F)c1)c1cccc(F)c1)C1CCCNC1. The van der Waals surface area contributed by atoms with Crippen molar-refractivity contribution in [3.05, 3.63) is 71.3 Å². The Balaban J connectivity index is 1.79.